The summed E-state index contributed by atoms with van der Waals surface area (Å²) in [5.41, 5.74) is 1.43. The van der Waals surface area contributed by atoms with Crippen molar-refractivity contribution in [2.45, 2.75) is 32.2 Å². The van der Waals surface area contributed by atoms with E-state index in [1.54, 1.807) is 0 Å². The number of benzene rings is 1. The van der Waals surface area contributed by atoms with Crippen LogP contribution in [0.25, 0.3) is 0 Å². The van der Waals surface area contributed by atoms with Crippen molar-refractivity contribution in [3.05, 3.63) is 29.8 Å². The highest BCUT2D eigenvalue weighted by atomic mass is 35.7. The largest absolute Gasteiger partial charge is 0.494 e. The van der Waals surface area contributed by atoms with Gasteiger partial charge in [0, 0.05) is 5.54 Å². The molecule has 0 N–H and O–H groups in total. The van der Waals surface area contributed by atoms with E-state index in [4.69, 9.17) is 26.9 Å². The van der Waals surface area contributed by atoms with Gasteiger partial charge in [0.2, 0.25) is 0 Å². The molecule has 0 aromatic heterocycles. The van der Waals surface area contributed by atoms with Crippen LogP contribution >= 0.6 is 22.2 Å². The van der Waals surface area contributed by atoms with Gasteiger partial charge in [0.05, 0.1) is 6.61 Å². The van der Waals surface area contributed by atoms with Gasteiger partial charge in [0.1, 0.15) is 5.75 Å². The molecule has 0 aliphatic rings. The topological polar surface area (TPSA) is 9.23 Å². The summed E-state index contributed by atoms with van der Waals surface area (Å²) in [4.78, 5) is 0. The number of ether oxygens (including phenoxy) is 1. The van der Waals surface area contributed by atoms with Crippen LogP contribution < -0.4 is 4.74 Å². The Labute approximate surface area is 109 Å². The highest BCUT2D eigenvalue weighted by Gasteiger charge is 2.16. The molecule has 1 atom stereocenters. The van der Waals surface area contributed by atoms with Gasteiger partial charge >= 0.3 is 0 Å². The predicted octanol–water partition coefficient (Wildman–Crippen LogP) is 4.47. The van der Waals surface area contributed by atoms with Crippen molar-refractivity contribution < 1.29 is 4.74 Å². The average molecular weight is 276 g/mol. The first-order valence-corrected chi connectivity index (χ1v) is 9.16. The summed E-state index contributed by atoms with van der Waals surface area (Å²) in [5, 5.41) is 0. The van der Waals surface area contributed by atoms with Crippen LogP contribution in [-0.4, -0.2) is 14.0 Å². The van der Waals surface area contributed by atoms with Gasteiger partial charge in [-0.3, -0.25) is 0 Å². The maximum absolute atomic E-state index is 5.94. The van der Waals surface area contributed by atoms with E-state index in [1.807, 2.05) is 24.3 Å². The van der Waals surface area contributed by atoms with Gasteiger partial charge in [-0.2, -0.15) is 0 Å². The monoisotopic (exact) mass is 275 g/mol. The fourth-order valence-corrected chi connectivity index (χ4v) is 2.51. The Morgan fingerprint density at radius 1 is 1.25 bits per heavy atom. The molecule has 1 aromatic carbocycles. The Balaban J connectivity index is 2.54. The molecule has 0 spiro atoms. The van der Waals surface area contributed by atoms with Gasteiger partial charge in [0.25, 0.3) is 7.42 Å². The van der Waals surface area contributed by atoms with Crippen molar-refractivity contribution >= 4 is 29.6 Å². The number of hydrogen-bond donors (Lipinski definition) is 0. The number of rotatable bonds is 6. The third-order valence-corrected chi connectivity index (χ3v) is 5.43. The standard InChI is InChI=1S/C12H17Cl2OSi/c1-3-4-9-15-12-7-5-11(6-8-12)10(2)16(13)14/h5-8,10H,3-4,9H2,1-2H3. The summed E-state index contributed by atoms with van der Waals surface area (Å²) >= 11 is 11.9. The molecule has 4 heteroatoms. The first-order chi connectivity index (χ1) is 7.65. The van der Waals surface area contributed by atoms with Crippen molar-refractivity contribution in [3.8, 4) is 5.75 Å². The summed E-state index contributed by atoms with van der Waals surface area (Å²) in [6.07, 6.45) is 2.24. The average Bonchev–Trinajstić information content (AvgIpc) is 2.29. The fourth-order valence-electron chi connectivity index (χ4n) is 1.31. The summed E-state index contributed by atoms with van der Waals surface area (Å²) in [5.74, 6) is 0.919. The van der Waals surface area contributed by atoms with E-state index in [2.05, 4.69) is 13.8 Å². The van der Waals surface area contributed by atoms with Crippen molar-refractivity contribution in [1.82, 2.24) is 0 Å². The summed E-state index contributed by atoms with van der Waals surface area (Å²) in [6.45, 7) is 4.99. The van der Waals surface area contributed by atoms with E-state index < -0.39 is 7.42 Å². The molecule has 89 valence electrons. The van der Waals surface area contributed by atoms with Crippen LogP contribution in [0.2, 0.25) is 0 Å². The minimum atomic E-state index is -1.29. The second kappa shape index (κ2) is 7.20. The van der Waals surface area contributed by atoms with Crippen LogP contribution in [-0.2, 0) is 0 Å². The van der Waals surface area contributed by atoms with E-state index >= 15 is 0 Å². The molecule has 16 heavy (non-hydrogen) atoms. The maximum atomic E-state index is 5.94. The van der Waals surface area contributed by atoms with Crippen LogP contribution in [0.5, 0.6) is 5.75 Å². The van der Waals surface area contributed by atoms with E-state index in [9.17, 15) is 0 Å². The number of hydrogen-bond acceptors (Lipinski definition) is 1. The van der Waals surface area contributed by atoms with E-state index in [0.717, 1.165) is 25.2 Å². The molecule has 0 saturated carbocycles. The third kappa shape index (κ3) is 4.36. The summed E-state index contributed by atoms with van der Waals surface area (Å²) in [7, 11) is -1.29. The SMILES string of the molecule is CCCCOc1ccc(C(C)[Si](Cl)Cl)cc1. The van der Waals surface area contributed by atoms with E-state index in [1.165, 1.54) is 5.56 Å². The smallest absolute Gasteiger partial charge is 0.281 e. The van der Waals surface area contributed by atoms with Gasteiger partial charge in [-0.25, -0.2) is 0 Å². The molecule has 0 amide bonds. The lowest BCUT2D eigenvalue weighted by Crippen LogP contribution is -2.07. The highest BCUT2D eigenvalue weighted by Crippen LogP contribution is 2.24. The number of unbranched alkanes of at least 4 members (excludes halogenated alkanes) is 1. The molecule has 1 nitrogen and oxygen atoms in total. The lowest BCUT2D eigenvalue weighted by Gasteiger charge is -2.11. The van der Waals surface area contributed by atoms with Crippen molar-refractivity contribution in [2.24, 2.45) is 0 Å². The van der Waals surface area contributed by atoms with Gasteiger partial charge in [-0.15, -0.1) is 22.2 Å². The van der Waals surface area contributed by atoms with Crippen LogP contribution in [0.4, 0.5) is 0 Å². The zero-order valence-corrected chi connectivity index (χ0v) is 12.2. The molecule has 1 unspecified atom stereocenters. The van der Waals surface area contributed by atoms with Gasteiger partial charge in [-0.05, 0) is 24.1 Å². The Hall–Kier alpha value is -0.183. The van der Waals surface area contributed by atoms with Crippen LogP contribution in [0.1, 0.15) is 37.8 Å². The second-order valence-electron chi connectivity index (χ2n) is 3.78. The molecule has 1 rings (SSSR count). The summed E-state index contributed by atoms with van der Waals surface area (Å²) in [6, 6.07) is 8.06. The quantitative estimate of drug-likeness (QED) is 0.423. The van der Waals surface area contributed by atoms with Crippen LogP contribution in [0.15, 0.2) is 24.3 Å². The van der Waals surface area contributed by atoms with Crippen molar-refractivity contribution in [3.63, 3.8) is 0 Å². The summed E-state index contributed by atoms with van der Waals surface area (Å²) < 4.78 is 5.58. The number of halogens is 2. The molecule has 0 aliphatic carbocycles. The Morgan fingerprint density at radius 2 is 1.88 bits per heavy atom. The minimum Gasteiger partial charge on any atom is -0.494 e. The molecule has 1 aromatic rings. The van der Waals surface area contributed by atoms with Crippen molar-refractivity contribution in [1.29, 1.82) is 0 Å². The van der Waals surface area contributed by atoms with E-state index in [0.29, 0.717) is 0 Å². The van der Waals surface area contributed by atoms with Crippen molar-refractivity contribution in [2.75, 3.05) is 6.61 Å². The molecule has 0 bridgehead atoms. The minimum absolute atomic E-state index is 0.248. The second-order valence-corrected chi connectivity index (χ2v) is 8.25. The predicted molar refractivity (Wildman–Crippen MR) is 72.7 cm³/mol. The first kappa shape index (κ1) is 13.9. The normalized spacial score (nSPS) is 12.8. The molecule has 1 radical (unpaired) electrons. The van der Waals surface area contributed by atoms with Gasteiger partial charge in [0.15, 0.2) is 0 Å². The molecular weight excluding hydrogens is 259 g/mol. The molecule has 0 heterocycles. The van der Waals surface area contributed by atoms with Gasteiger partial charge in [-0.1, -0.05) is 32.4 Å². The van der Waals surface area contributed by atoms with Crippen LogP contribution in [0, 0.1) is 0 Å². The van der Waals surface area contributed by atoms with Crippen LogP contribution in [0.3, 0.4) is 0 Å². The lowest BCUT2D eigenvalue weighted by atomic mass is 10.1. The third-order valence-electron chi connectivity index (χ3n) is 2.47. The van der Waals surface area contributed by atoms with Gasteiger partial charge < -0.3 is 4.74 Å². The Bertz CT molecular complexity index is 300. The first-order valence-electron chi connectivity index (χ1n) is 5.55. The van der Waals surface area contributed by atoms with E-state index in [-0.39, 0.29) is 5.54 Å². The molecule has 0 fully saturated rings. The Kier molecular flexibility index (Phi) is 6.25. The molecule has 0 aliphatic heterocycles. The highest BCUT2D eigenvalue weighted by molar-refractivity contribution is 7.34. The zero-order valence-electron chi connectivity index (χ0n) is 9.67. The lowest BCUT2D eigenvalue weighted by molar-refractivity contribution is 0.309. The Morgan fingerprint density at radius 3 is 2.38 bits per heavy atom. The molecular formula is C12H17Cl2OSi. The maximum Gasteiger partial charge on any atom is 0.281 e. The zero-order chi connectivity index (χ0) is 12.0. The fraction of sp³-hybridized carbons (Fsp3) is 0.500. The molecule has 0 saturated heterocycles.